The summed E-state index contributed by atoms with van der Waals surface area (Å²) >= 11 is 0. The van der Waals surface area contributed by atoms with Gasteiger partial charge in [-0.15, -0.1) is 5.10 Å². The summed E-state index contributed by atoms with van der Waals surface area (Å²) in [7, 11) is 1.96. The molecule has 7 heteroatoms. The summed E-state index contributed by atoms with van der Waals surface area (Å²) in [5.41, 5.74) is 0.615. The highest BCUT2D eigenvalue weighted by Crippen LogP contribution is 2.25. The Labute approximate surface area is 104 Å². The number of aliphatic hydroxyl groups excluding tert-OH is 1. The molecule has 2 heterocycles. The number of rotatable bonds is 2. The molecule has 1 N–H and O–H groups in total. The van der Waals surface area contributed by atoms with Gasteiger partial charge in [0.1, 0.15) is 0 Å². The lowest BCUT2D eigenvalue weighted by Gasteiger charge is -2.36. The Hall–Kier alpha value is -1.76. The van der Waals surface area contributed by atoms with Crippen LogP contribution in [0.5, 0.6) is 0 Å². The third-order valence-electron chi connectivity index (χ3n) is 3.64. The minimum absolute atomic E-state index is 0.107. The van der Waals surface area contributed by atoms with Crippen molar-refractivity contribution >= 4 is 11.5 Å². The molecule has 7 nitrogen and oxygen atoms in total. The molecule has 0 bridgehead atoms. The van der Waals surface area contributed by atoms with Crippen LogP contribution in [0.15, 0.2) is 12.4 Å². The van der Waals surface area contributed by atoms with Crippen molar-refractivity contribution in [1.29, 1.82) is 0 Å². The van der Waals surface area contributed by atoms with E-state index in [4.69, 9.17) is 0 Å². The van der Waals surface area contributed by atoms with Gasteiger partial charge in [-0.1, -0.05) is 12.8 Å². The number of aliphatic hydroxyl groups is 1. The van der Waals surface area contributed by atoms with Crippen LogP contribution in [0.3, 0.4) is 0 Å². The van der Waals surface area contributed by atoms with E-state index in [9.17, 15) is 5.11 Å². The summed E-state index contributed by atoms with van der Waals surface area (Å²) in [5.74, 6) is 0.809. The maximum atomic E-state index is 10.1. The summed E-state index contributed by atoms with van der Waals surface area (Å²) in [6, 6.07) is 0.107. The monoisotopic (exact) mass is 248 g/mol. The van der Waals surface area contributed by atoms with Crippen LogP contribution < -0.4 is 4.90 Å². The number of fused-ring (bicyclic) bond motifs is 1. The van der Waals surface area contributed by atoms with Gasteiger partial charge in [-0.3, -0.25) is 4.98 Å². The minimum Gasteiger partial charge on any atom is -0.391 e. The van der Waals surface area contributed by atoms with Crippen molar-refractivity contribution in [3.63, 3.8) is 0 Å². The molecule has 0 spiro atoms. The van der Waals surface area contributed by atoms with Crippen molar-refractivity contribution in [2.24, 2.45) is 0 Å². The average Bonchev–Trinajstić information content (AvgIpc) is 2.86. The molecule has 2 unspecified atom stereocenters. The van der Waals surface area contributed by atoms with Crippen LogP contribution in [0.1, 0.15) is 25.7 Å². The van der Waals surface area contributed by atoms with Gasteiger partial charge in [-0.05, 0) is 23.3 Å². The maximum Gasteiger partial charge on any atom is 0.199 e. The highest BCUT2D eigenvalue weighted by molar-refractivity contribution is 5.46. The van der Waals surface area contributed by atoms with Crippen LogP contribution in [-0.4, -0.2) is 49.3 Å². The molecule has 3 rings (SSSR count). The normalized spacial score (nSPS) is 24.3. The second-order valence-corrected chi connectivity index (χ2v) is 4.74. The molecular formula is C11H16N6O. The molecule has 1 fully saturated rings. The van der Waals surface area contributed by atoms with E-state index in [1.807, 2.05) is 11.9 Å². The van der Waals surface area contributed by atoms with Crippen molar-refractivity contribution < 1.29 is 5.11 Å². The average molecular weight is 248 g/mol. The molecule has 1 aliphatic rings. The Balaban J connectivity index is 1.95. The van der Waals surface area contributed by atoms with Crippen molar-refractivity contribution in [3.8, 4) is 0 Å². The van der Waals surface area contributed by atoms with Gasteiger partial charge >= 0.3 is 0 Å². The second-order valence-electron chi connectivity index (χ2n) is 4.74. The van der Waals surface area contributed by atoms with Gasteiger partial charge in [-0.2, -0.15) is 4.52 Å². The number of tetrazole rings is 1. The fourth-order valence-electron chi connectivity index (χ4n) is 2.62. The molecule has 2 atom stereocenters. The van der Waals surface area contributed by atoms with Gasteiger partial charge in [0, 0.05) is 7.05 Å². The summed E-state index contributed by atoms with van der Waals surface area (Å²) in [6.45, 7) is 0. The lowest BCUT2D eigenvalue weighted by Crippen LogP contribution is -2.44. The predicted octanol–water partition coefficient (Wildman–Crippen LogP) is 0.259. The van der Waals surface area contributed by atoms with Crippen molar-refractivity contribution in [2.45, 2.75) is 37.8 Å². The van der Waals surface area contributed by atoms with Crippen molar-refractivity contribution in [2.75, 3.05) is 11.9 Å². The van der Waals surface area contributed by atoms with Gasteiger partial charge in [0.2, 0.25) is 0 Å². The van der Waals surface area contributed by atoms with Crippen LogP contribution in [0.4, 0.5) is 5.82 Å². The summed E-state index contributed by atoms with van der Waals surface area (Å²) in [4.78, 5) is 6.17. The van der Waals surface area contributed by atoms with Crippen LogP contribution in [0.2, 0.25) is 0 Å². The summed E-state index contributed by atoms with van der Waals surface area (Å²) < 4.78 is 1.65. The first kappa shape index (κ1) is 11.3. The van der Waals surface area contributed by atoms with Crippen molar-refractivity contribution in [3.05, 3.63) is 12.4 Å². The molecule has 1 saturated carbocycles. The molecule has 0 saturated heterocycles. The van der Waals surface area contributed by atoms with E-state index in [1.54, 1.807) is 16.9 Å². The first-order chi connectivity index (χ1) is 8.77. The summed E-state index contributed by atoms with van der Waals surface area (Å²) in [6.07, 6.45) is 7.13. The molecule has 0 radical (unpaired) electrons. The second kappa shape index (κ2) is 4.49. The Morgan fingerprint density at radius 2 is 2.17 bits per heavy atom. The Morgan fingerprint density at radius 1 is 1.33 bits per heavy atom. The number of anilines is 1. The van der Waals surface area contributed by atoms with Crippen LogP contribution >= 0.6 is 0 Å². The molecule has 96 valence electrons. The van der Waals surface area contributed by atoms with Crippen molar-refractivity contribution in [1.82, 2.24) is 25.0 Å². The Bertz CT molecular complexity index is 541. The topological polar surface area (TPSA) is 79.4 Å². The zero-order chi connectivity index (χ0) is 12.5. The van der Waals surface area contributed by atoms with Gasteiger partial charge < -0.3 is 10.0 Å². The molecule has 0 aromatic carbocycles. The SMILES string of the molecule is CN(c1cncc2nnnn12)C1CCCCC1O. The third-order valence-corrected chi connectivity index (χ3v) is 3.64. The van der Waals surface area contributed by atoms with Crippen LogP contribution in [-0.2, 0) is 0 Å². The Morgan fingerprint density at radius 3 is 3.00 bits per heavy atom. The zero-order valence-corrected chi connectivity index (χ0v) is 10.3. The number of likely N-dealkylation sites (N-methyl/N-ethyl adjacent to an activating group) is 1. The molecule has 0 aliphatic heterocycles. The van der Waals surface area contributed by atoms with E-state index >= 15 is 0 Å². The standard InChI is InChI=1S/C11H16N6O/c1-16(8-4-2-3-5-9(8)18)11-7-12-6-10-13-14-15-17(10)11/h6-9,18H,2-5H2,1H3. The van der Waals surface area contributed by atoms with Gasteiger partial charge in [0.05, 0.1) is 24.5 Å². The van der Waals surface area contributed by atoms with E-state index in [2.05, 4.69) is 20.5 Å². The highest BCUT2D eigenvalue weighted by Gasteiger charge is 2.28. The number of aromatic nitrogens is 5. The van der Waals surface area contributed by atoms with E-state index in [-0.39, 0.29) is 12.1 Å². The first-order valence-corrected chi connectivity index (χ1v) is 6.20. The molecule has 18 heavy (non-hydrogen) atoms. The minimum atomic E-state index is -0.296. The molecule has 0 amide bonds. The summed E-state index contributed by atoms with van der Waals surface area (Å²) in [5, 5.41) is 21.6. The van der Waals surface area contributed by atoms with Gasteiger partial charge in [0.25, 0.3) is 0 Å². The number of hydrogen-bond donors (Lipinski definition) is 1. The largest absolute Gasteiger partial charge is 0.391 e. The number of nitrogens with zero attached hydrogens (tertiary/aromatic N) is 6. The first-order valence-electron chi connectivity index (χ1n) is 6.20. The van der Waals surface area contributed by atoms with E-state index in [0.29, 0.717) is 5.65 Å². The maximum absolute atomic E-state index is 10.1. The predicted molar refractivity (Wildman–Crippen MR) is 65.2 cm³/mol. The molecule has 2 aromatic rings. The lowest BCUT2D eigenvalue weighted by molar-refractivity contribution is 0.106. The van der Waals surface area contributed by atoms with Crippen LogP contribution in [0, 0.1) is 0 Å². The van der Waals surface area contributed by atoms with Crippen LogP contribution in [0.25, 0.3) is 5.65 Å². The third kappa shape index (κ3) is 1.80. The fourth-order valence-corrected chi connectivity index (χ4v) is 2.62. The van der Waals surface area contributed by atoms with E-state index in [0.717, 1.165) is 31.5 Å². The smallest absolute Gasteiger partial charge is 0.199 e. The molecule has 2 aromatic heterocycles. The highest BCUT2D eigenvalue weighted by atomic mass is 16.3. The van der Waals surface area contributed by atoms with Gasteiger partial charge in [-0.25, -0.2) is 0 Å². The van der Waals surface area contributed by atoms with E-state index < -0.39 is 0 Å². The molecule has 1 aliphatic carbocycles. The zero-order valence-electron chi connectivity index (χ0n) is 10.3. The molecular weight excluding hydrogens is 232 g/mol. The van der Waals surface area contributed by atoms with E-state index in [1.165, 1.54) is 0 Å². The Kier molecular flexibility index (Phi) is 2.83. The quantitative estimate of drug-likeness (QED) is 0.821. The lowest BCUT2D eigenvalue weighted by atomic mass is 9.92. The fraction of sp³-hybridized carbons (Fsp3) is 0.636. The number of hydrogen-bond acceptors (Lipinski definition) is 6. The van der Waals surface area contributed by atoms with Gasteiger partial charge in [0.15, 0.2) is 11.5 Å².